The van der Waals surface area contributed by atoms with Crippen LogP contribution in [0.3, 0.4) is 0 Å². The molecule has 1 fully saturated rings. The Morgan fingerprint density at radius 2 is 2.13 bits per heavy atom. The topological polar surface area (TPSA) is 76.1 Å². The van der Waals surface area contributed by atoms with Crippen molar-refractivity contribution in [3.63, 3.8) is 0 Å². The lowest BCUT2D eigenvalue weighted by Crippen LogP contribution is -2.40. The van der Waals surface area contributed by atoms with Crippen molar-refractivity contribution in [3.05, 3.63) is 36.5 Å². The Hall–Kier alpha value is -2.12. The predicted molar refractivity (Wildman–Crippen MR) is 87.3 cm³/mol. The van der Waals surface area contributed by atoms with Crippen LogP contribution in [0.5, 0.6) is 0 Å². The van der Waals surface area contributed by atoms with Crippen LogP contribution in [0.4, 0.5) is 11.8 Å². The van der Waals surface area contributed by atoms with Gasteiger partial charge in [-0.25, -0.2) is 15.0 Å². The lowest BCUT2D eigenvalue weighted by Gasteiger charge is -2.33. The van der Waals surface area contributed by atoms with Crippen LogP contribution in [0.2, 0.25) is 0 Å². The van der Waals surface area contributed by atoms with Gasteiger partial charge in [0, 0.05) is 32.0 Å². The molecule has 0 saturated carbocycles. The number of anilines is 2. The van der Waals surface area contributed by atoms with E-state index in [1.807, 2.05) is 0 Å². The molecule has 0 aromatic carbocycles. The van der Waals surface area contributed by atoms with Gasteiger partial charge in [-0.2, -0.15) is 0 Å². The summed E-state index contributed by atoms with van der Waals surface area (Å²) in [5.74, 6) is 1.77. The van der Waals surface area contributed by atoms with Crippen molar-refractivity contribution in [2.24, 2.45) is 5.92 Å². The Bertz CT molecular complexity index is 621. The molecule has 2 aromatic rings. The van der Waals surface area contributed by atoms with Crippen LogP contribution in [-0.2, 0) is 4.74 Å². The van der Waals surface area contributed by atoms with Crippen molar-refractivity contribution in [1.29, 1.82) is 0 Å². The molecule has 1 unspecified atom stereocenters. The van der Waals surface area contributed by atoms with Crippen LogP contribution in [0.25, 0.3) is 0 Å². The maximum atomic E-state index is 5.88. The van der Waals surface area contributed by atoms with Crippen LogP contribution in [0.15, 0.2) is 30.9 Å². The monoisotopic (exact) mass is 314 g/mol. The first-order chi connectivity index (χ1) is 11.2. The Kier molecular flexibility index (Phi) is 5.09. The molecular formula is C16H22N6O. The molecule has 0 bridgehead atoms. The van der Waals surface area contributed by atoms with E-state index in [0.29, 0.717) is 17.7 Å². The molecule has 1 aliphatic rings. The Balaban J connectivity index is 1.69. The standard InChI is InChI=1S/C16H22N6O/c1-12(2)10-22-6-7-23-14(11-22)13-8-17-9-15(20-13)21-16-18-4-3-5-19-16/h3-5,8-9,12,14H,6-7,10-11H2,1-2H3,(H,18,19,20,21). The number of hydrogen-bond acceptors (Lipinski definition) is 7. The molecular weight excluding hydrogens is 292 g/mol. The first-order valence-corrected chi connectivity index (χ1v) is 7.90. The summed E-state index contributed by atoms with van der Waals surface area (Å²) in [6.45, 7) is 8.07. The fourth-order valence-electron chi connectivity index (χ4n) is 2.64. The molecule has 122 valence electrons. The van der Waals surface area contributed by atoms with E-state index in [1.165, 1.54) is 0 Å². The molecule has 1 aliphatic heterocycles. The van der Waals surface area contributed by atoms with Gasteiger partial charge in [0.1, 0.15) is 6.10 Å². The molecule has 0 amide bonds. The van der Waals surface area contributed by atoms with E-state index in [4.69, 9.17) is 4.74 Å². The van der Waals surface area contributed by atoms with Gasteiger partial charge in [-0.15, -0.1) is 0 Å². The summed E-state index contributed by atoms with van der Waals surface area (Å²) >= 11 is 0. The van der Waals surface area contributed by atoms with E-state index in [1.54, 1.807) is 30.9 Å². The number of morpholine rings is 1. The molecule has 0 aliphatic carbocycles. The van der Waals surface area contributed by atoms with Gasteiger partial charge in [0.15, 0.2) is 5.82 Å². The van der Waals surface area contributed by atoms with E-state index in [9.17, 15) is 0 Å². The minimum absolute atomic E-state index is 0.0477. The largest absolute Gasteiger partial charge is 0.369 e. The number of ether oxygens (including phenoxy) is 1. The van der Waals surface area contributed by atoms with E-state index in [0.717, 1.165) is 31.9 Å². The third kappa shape index (κ3) is 4.43. The zero-order valence-corrected chi connectivity index (χ0v) is 13.5. The van der Waals surface area contributed by atoms with Gasteiger partial charge in [-0.1, -0.05) is 13.8 Å². The van der Waals surface area contributed by atoms with Crippen LogP contribution in [0.1, 0.15) is 25.6 Å². The number of rotatable bonds is 5. The van der Waals surface area contributed by atoms with Gasteiger partial charge >= 0.3 is 0 Å². The molecule has 0 spiro atoms. The second kappa shape index (κ2) is 7.43. The average Bonchev–Trinajstić information content (AvgIpc) is 2.56. The number of aromatic nitrogens is 4. The highest BCUT2D eigenvalue weighted by Gasteiger charge is 2.24. The van der Waals surface area contributed by atoms with Crippen LogP contribution in [0, 0.1) is 5.92 Å². The van der Waals surface area contributed by atoms with E-state index < -0.39 is 0 Å². The zero-order valence-electron chi connectivity index (χ0n) is 13.5. The van der Waals surface area contributed by atoms with E-state index in [2.05, 4.69) is 44.0 Å². The molecule has 1 N–H and O–H groups in total. The van der Waals surface area contributed by atoms with Crippen LogP contribution < -0.4 is 5.32 Å². The van der Waals surface area contributed by atoms with E-state index >= 15 is 0 Å². The van der Waals surface area contributed by atoms with Crippen molar-refractivity contribution < 1.29 is 4.74 Å². The molecule has 2 aromatic heterocycles. The van der Waals surface area contributed by atoms with E-state index in [-0.39, 0.29) is 6.10 Å². The first kappa shape index (κ1) is 15.8. The molecule has 7 nitrogen and oxygen atoms in total. The third-order valence-electron chi connectivity index (χ3n) is 3.56. The van der Waals surface area contributed by atoms with Gasteiger partial charge in [0.25, 0.3) is 0 Å². The summed E-state index contributed by atoms with van der Waals surface area (Å²) in [6, 6.07) is 1.77. The average molecular weight is 314 g/mol. The molecule has 3 heterocycles. The van der Waals surface area contributed by atoms with Gasteiger partial charge < -0.3 is 10.1 Å². The normalized spacial score (nSPS) is 19.0. The highest BCUT2D eigenvalue weighted by Crippen LogP contribution is 2.22. The minimum Gasteiger partial charge on any atom is -0.369 e. The fourth-order valence-corrected chi connectivity index (χ4v) is 2.64. The Morgan fingerprint density at radius 3 is 2.91 bits per heavy atom. The second-order valence-electron chi connectivity index (χ2n) is 6.04. The third-order valence-corrected chi connectivity index (χ3v) is 3.56. The summed E-state index contributed by atoms with van der Waals surface area (Å²) in [5, 5.41) is 3.06. The fraction of sp³-hybridized carbons (Fsp3) is 0.500. The molecule has 7 heteroatoms. The smallest absolute Gasteiger partial charge is 0.228 e. The number of nitrogens with zero attached hydrogens (tertiary/aromatic N) is 5. The predicted octanol–water partition coefficient (Wildman–Crippen LogP) is 2.04. The summed E-state index contributed by atoms with van der Waals surface area (Å²) < 4.78 is 5.88. The molecule has 1 saturated heterocycles. The van der Waals surface area contributed by atoms with Crippen molar-refractivity contribution in [2.45, 2.75) is 20.0 Å². The van der Waals surface area contributed by atoms with Crippen LogP contribution >= 0.6 is 0 Å². The van der Waals surface area contributed by atoms with Gasteiger partial charge in [-0.3, -0.25) is 9.88 Å². The van der Waals surface area contributed by atoms with Gasteiger partial charge in [-0.05, 0) is 12.0 Å². The highest BCUT2D eigenvalue weighted by atomic mass is 16.5. The van der Waals surface area contributed by atoms with Crippen molar-refractivity contribution >= 4 is 11.8 Å². The quantitative estimate of drug-likeness (QED) is 0.905. The lowest BCUT2D eigenvalue weighted by atomic mass is 10.1. The first-order valence-electron chi connectivity index (χ1n) is 7.90. The maximum absolute atomic E-state index is 5.88. The maximum Gasteiger partial charge on any atom is 0.228 e. The Labute approximate surface area is 136 Å². The lowest BCUT2D eigenvalue weighted by molar-refractivity contribution is -0.0353. The summed E-state index contributed by atoms with van der Waals surface area (Å²) in [6.07, 6.45) is 6.74. The number of nitrogens with one attached hydrogen (secondary N) is 1. The number of hydrogen-bond donors (Lipinski definition) is 1. The molecule has 0 radical (unpaired) electrons. The zero-order chi connectivity index (χ0) is 16.1. The SMILES string of the molecule is CC(C)CN1CCOC(c2cncc(Nc3ncccn3)n2)C1. The Morgan fingerprint density at radius 1 is 1.30 bits per heavy atom. The van der Waals surface area contributed by atoms with Crippen LogP contribution in [-0.4, -0.2) is 51.1 Å². The molecule has 1 atom stereocenters. The second-order valence-corrected chi connectivity index (χ2v) is 6.04. The molecule has 3 rings (SSSR count). The van der Waals surface area contributed by atoms with Gasteiger partial charge in [0.05, 0.1) is 24.7 Å². The summed E-state index contributed by atoms with van der Waals surface area (Å²) in [7, 11) is 0. The van der Waals surface area contributed by atoms with Crippen molar-refractivity contribution in [2.75, 3.05) is 31.6 Å². The highest BCUT2D eigenvalue weighted by molar-refractivity contribution is 5.45. The summed E-state index contributed by atoms with van der Waals surface area (Å²) in [4.78, 5) is 19.5. The van der Waals surface area contributed by atoms with Crippen molar-refractivity contribution in [1.82, 2.24) is 24.8 Å². The minimum atomic E-state index is -0.0477. The summed E-state index contributed by atoms with van der Waals surface area (Å²) in [5.41, 5.74) is 0.833. The molecule has 23 heavy (non-hydrogen) atoms. The van der Waals surface area contributed by atoms with Gasteiger partial charge in [0.2, 0.25) is 5.95 Å². The van der Waals surface area contributed by atoms with Crippen molar-refractivity contribution in [3.8, 4) is 0 Å².